The van der Waals surface area contributed by atoms with Gasteiger partial charge in [-0.2, -0.15) is 0 Å². The number of hydrogen-bond donors (Lipinski definition) is 3. The van der Waals surface area contributed by atoms with Gasteiger partial charge in [-0.1, -0.05) is 0 Å². The Morgan fingerprint density at radius 2 is 1.53 bits per heavy atom. The minimum Gasteiger partial charge on any atom is -0.496 e. The molecule has 19 heavy (non-hydrogen) atoms. The molecule has 0 radical (unpaired) electrons. The summed E-state index contributed by atoms with van der Waals surface area (Å²) < 4.78 is 15.7. The normalized spacial score (nSPS) is 10.3. The topological polar surface area (TPSA) is 102 Å². The van der Waals surface area contributed by atoms with Crippen LogP contribution < -0.4 is 25.5 Å². The van der Waals surface area contributed by atoms with Gasteiger partial charge in [-0.3, -0.25) is 15.0 Å². The lowest BCUT2D eigenvalue weighted by atomic mass is 10.1. The molecular weight excluding hydrogens is 250 g/mol. The number of rotatable bonds is 4. The largest absolute Gasteiger partial charge is 0.496 e. The minimum absolute atomic E-state index is 0.232. The van der Waals surface area contributed by atoms with E-state index in [0.717, 1.165) is 0 Å². The van der Waals surface area contributed by atoms with Crippen LogP contribution in [0.25, 0.3) is 11.1 Å². The Bertz CT molecular complexity index is 645. The van der Waals surface area contributed by atoms with Crippen molar-refractivity contribution in [2.45, 2.75) is 0 Å². The van der Waals surface area contributed by atoms with Gasteiger partial charge in [0.05, 0.1) is 26.9 Å². The first-order valence-electron chi connectivity index (χ1n) is 5.48. The lowest BCUT2D eigenvalue weighted by Gasteiger charge is -2.13. The summed E-state index contributed by atoms with van der Waals surface area (Å²) >= 11 is 0. The van der Waals surface area contributed by atoms with E-state index in [-0.39, 0.29) is 11.4 Å². The van der Waals surface area contributed by atoms with E-state index in [1.807, 2.05) is 0 Å². The third-order valence-corrected chi connectivity index (χ3v) is 2.78. The lowest BCUT2D eigenvalue weighted by molar-refractivity contribution is 0.349. The molecule has 0 aliphatic carbocycles. The predicted molar refractivity (Wildman–Crippen MR) is 70.9 cm³/mol. The molecular formula is C12H15N3O4. The highest BCUT2D eigenvalue weighted by molar-refractivity contribution is 5.80. The van der Waals surface area contributed by atoms with Gasteiger partial charge in [0.25, 0.3) is 5.56 Å². The van der Waals surface area contributed by atoms with Crippen molar-refractivity contribution in [3.8, 4) is 28.4 Å². The van der Waals surface area contributed by atoms with E-state index in [2.05, 4.69) is 10.2 Å². The molecule has 1 aromatic heterocycles. The van der Waals surface area contributed by atoms with Gasteiger partial charge in [0.1, 0.15) is 11.6 Å². The summed E-state index contributed by atoms with van der Waals surface area (Å²) in [5, 5.41) is 4.99. The SMILES string of the molecule is COc1cc(OC)c(-c2c(N)[nH][nH]c2=O)cc1OC. The molecule has 0 saturated heterocycles. The maximum Gasteiger partial charge on any atom is 0.274 e. The number of methoxy groups -OCH3 is 3. The Balaban J connectivity index is 2.72. The van der Waals surface area contributed by atoms with E-state index in [0.29, 0.717) is 28.4 Å². The van der Waals surface area contributed by atoms with Crippen LogP contribution in [0, 0.1) is 0 Å². The number of ether oxygens (including phenoxy) is 3. The summed E-state index contributed by atoms with van der Waals surface area (Å²) in [6.07, 6.45) is 0. The highest BCUT2D eigenvalue weighted by Crippen LogP contribution is 2.40. The third kappa shape index (κ3) is 2.10. The Labute approximate surface area is 109 Å². The average molecular weight is 265 g/mol. The number of aromatic amines is 2. The number of nitrogens with one attached hydrogen (secondary N) is 2. The van der Waals surface area contributed by atoms with Crippen molar-refractivity contribution in [2.24, 2.45) is 0 Å². The zero-order valence-corrected chi connectivity index (χ0v) is 10.9. The van der Waals surface area contributed by atoms with Crippen molar-refractivity contribution in [3.05, 3.63) is 22.5 Å². The monoisotopic (exact) mass is 265 g/mol. The number of nitrogen functional groups attached to an aromatic ring is 1. The van der Waals surface area contributed by atoms with Gasteiger partial charge in [-0.05, 0) is 6.07 Å². The smallest absolute Gasteiger partial charge is 0.274 e. The fraction of sp³-hybridized carbons (Fsp3) is 0.250. The van der Waals surface area contributed by atoms with E-state index in [1.54, 1.807) is 12.1 Å². The van der Waals surface area contributed by atoms with Crippen LogP contribution in [0.4, 0.5) is 5.82 Å². The second-order valence-corrected chi connectivity index (χ2v) is 3.78. The first-order valence-corrected chi connectivity index (χ1v) is 5.48. The second-order valence-electron chi connectivity index (χ2n) is 3.78. The molecule has 2 aromatic rings. The molecule has 1 heterocycles. The zero-order chi connectivity index (χ0) is 14.0. The molecule has 0 saturated carbocycles. The van der Waals surface area contributed by atoms with Gasteiger partial charge in [-0.25, -0.2) is 0 Å². The van der Waals surface area contributed by atoms with Crippen LogP contribution in [0.15, 0.2) is 16.9 Å². The molecule has 7 heteroatoms. The van der Waals surface area contributed by atoms with E-state index < -0.39 is 0 Å². The quantitative estimate of drug-likeness (QED) is 0.764. The van der Waals surface area contributed by atoms with Gasteiger partial charge < -0.3 is 19.9 Å². The molecule has 0 fully saturated rings. The Morgan fingerprint density at radius 3 is 2.00 bits per heavy atom. The maximum absolute atomic E-state index is 11.8. The fourth-order valence-corrected chi connectivity index (χ4v) is 1.86. The first kappa shape index (κ1) is 12.9. The maximum atomic E-state index is 11.8. The number of aromatic nitrogens is 2. The third-order valence-electron chi connectivity index (χ3n) is 2.78. The lowest BCUT2D eigenvalue weighted by Crippen LogP contribution is -2.04. The summed E-state index contributed by atoms with van der Waals surface area (Å²) in [5.41, 5.74) is 6.25. The number of anilines is 1. The minimum atomic E-state index is -0.331. The summed E-state index contributed by atoms with van der Waals surface area (Å²) in [6, 6.07) is 3.28. The molecule has 0 bridgehead atoms. The summed E-state index contributed by atoms with van der Waals surface area (Å²) in [5.74, 6) is 1.69. The highest BCUT2D eigenvalue weighted by Gasteiger charge is 2.18. The van der Waals surface area contributed by atoms with Crippen LogP contribution in [0.3, 0.4) is 0 Å². The van der Waals surface area contributed by atoms with Crippen molar-refractivity contribution < 1.29 is 14.2 Å². The predicted octanol–water partition coefficient (Wildman–Crippen LogP) is 0.978. The van der Waals surface area contributed by atoms with Gasteiger partial charge in [0.2, 0.25) is 0 Å². The summed E-state index contributed by atoms with van der Waals surface area (Å²) in [7, 11) is 4.54. The number of nitrogens with two attached hydrogens (primary N) is 1. The van der Waals surface area contributed by atoms with Crippen molar-refractivity contribution in [1.29, 1.82) is 0 Å². The van der Waals surface area contributed by atoms with Crippen LogP contribution in [0.2, 0.25) is 0 Å². The molecule has 7 nitrogen and oxygen atoms in total. The summed E-state index contributed by atoms with van der Waals surface area (Å²) in [4.78, 5) is 11.8. The highest BCUT2D eigenvalue weighted by atomic mass is 16.5. The van der Waals surface area contributed by atoms with Gasteiger partial charge in [-0.15, -0.1) is 0 Å². The average Bonchev–Trinajstić information content (AvgIpc) is 2.76. The van der Waals surface area contributed by atoms with Crippen LogP contribution in [-0.4, -0.2) is 31.5 Å². The van der Waals surface area contributed by atoms with Gasteiger partial charge in [0, 0.05) is 11.6 Å². The van der Waals surface area contributed by atoms with Crippen molar-refractivity contribution in [1.82, 2.24) is 10.2 Å². The molecule has 0 atom stereocenters. The zero-order valence-electron chi connectivity index (χ0n) is 10.9. The van der Waals surface area contributed by atoms with Gasteiger partial charge in [0.15, 0.2) is 11.5 Å². The fourth-order valence-electron chi connectivity index (χ4n) is 1.86. The Kier molecular flexibility index (Phi) is 3.37. The standard InChI is InChI=1S/C12H15N3O4/c1-17-7-5-9(19-3)8(18-2)4-6(7)10-11(13)14-15-12(10)16/h4-5H,1-3H3,(H4,13,14,15,16). The van der Waals surface area contributed by atoms with Crippen LogP contribution in [0.5, 0.6) is 17.2 Å². The summed E-state index contributed by atoms with van der Waals surface area (Å²) in [6.45, 7) is 0. The molecule has 4 N–H and O–H groups in total. The van der Waals surface area contributed by atoms with E-state index in [4.69, 9.17) is 19.9 Å². The first-order chi connectivity index (χ1) is 9.12. The van der Waals surface area contributed by atoms with Gasteiger partial charge >= 0.3 is 0 Å². The van der Waals surface area contributed by atoms with Crippen molar-refractivity contribution in [2.75, 3.05) is 27.1 Å². The molecule has 0 aliphatic rings. The molecule has 2 rings (SSSR count). The molecule has 102 valence electrons. The second kappa shape index (κ2) is 4.97. The van der Waals surface area contributed by atoms with Crippen LogP contribution in [-0.2, 0) is 0 Å². The van der Waals surface area contributed by atoms with E-state index in [9.17, 15) is 4.79 Å². The van der Waals surface area contributed by atoms with Crippen LogP contribution in [0.1, 0.15) is 0 Å². The number of H-pyrrole nitrogens is 2. The Morgan fingerprint density at radius 1 is 0.947 bits per heavy atom. The number of hydrogen-bond acceptors (Lipinski definition) is 5. The van der Waals surface area contributed by atoms with Crippen molar-refractivity contribution >= 4 is 5.82 Å². The number of benzene rings is 1. The molecule has 0 spiro atoms. The molecule has 0 aliphatic heterocycles. The van der Waals surface area contributed by atoms with E-state index >= 15 is 0 Å². The molecule has 0 amide bonds. The molecule has 0 unspecified atom stereocenters. The molecule has 1 aromatic carbocycles. The van der Waals surface area contributed by atoms with E-state index in [1.165, 1.54) is 21.3 Å². The van der Waals surface area contributed by atoms with Crippen LogP contribution >= 0.6 is 0 Å². The Hall–Kier alpha value is -2.57. The van der Waals surface area contributed by atoms with Crippen molar-refractivity contribution in [3.63, 3.8) is 0 Å².